The van der Waals surface area contributed by atoms with Gasteiger partial charge in [0.25, 0.3) is 5.91 Å². The predicted octanol–water partition coefficient (Wildman–Crippen LogP) is 5.52. The van der Waals surface area contributed by atoms with Gasteiger partial charge in [0.1, 0.15) is 9.67 Å². The van der Waals surface area contributed by atoms with Crippen LogP contribution in [0.25, 0.3) is 10.9 Å². The van der Waals surface area contributed by atoms with E-state index >= 15 is 0 Å². The van der Waals surface area contributed by atoms with E-state index in [1.807, 2.05) is 24.1 Å². The second-order valence-corrected chi connectivity index (χ2v) is 10.1. The summed E-state index contributed by atoms with van der Waals surface area (Å²) in [6.07, 6.45) is 6.53. The lowest BCUT2D eigenvalue weighted by Crippen LogP contribution is -2.31. The molecule has 1 fully saturated rings. The lowest BCUT2D eigenvalue weighted by molar-refractivity contribution is 0.0781. The third kappa shape index (κ3) is 4.21. The number of carbonyl (C=O) groups excluding carboxylic acids is 2. The first-order valence-corrected chi connectivity index (χ1v) is 13.1. The molecule has 6 nitrogen and oxygen atoms in total. The molecular weight excluding hydrogens is 476 g/mol. The summed E-state index contributed by atoms with van der Waals surface area (Å²) in [5, 5.41) is 1.80. The Kier molecular flexibility index (Phi) is 6.34. The molecule has 1 saturated heterocycles. The van der Waals surface area contributed by atoms with Crippen molar-refractivity contribution in [3.05, 3.63) is 87.4 Å². The maximum Gasteiger partial charge on any atom is 0.257 e. The Morgan fingerprint density at radius 2 is 1.94 bits per heavy atom. The number of nitrogens with one attached hydrogen (secondary N) is 1. The average Bonchev–Trinajstić information content (AvgIpc) is 3.48. The molecule has 1 N–H and O–H groups in total. The van der Waals surface area contributed by atoms with Crippen LogP contribution in [0.2, 0.25) is 0 Å². The molecule has 3 aromatic heterocycles. The molecule has 178 valence electrons. The Hall–Kier alpha value is -3.23. The number of aromatic nitrogens is 3. The van der Waals surface area contributed by atoms with Crippen LogP contribution in [0.5, 0.6) is 0 Å². The number of aromatic amines is 1. The van der Waals surface area contributed by atoms with Crippen molar-refractivity contribution >= 4 is 46.6 Å². The zero-order chi connectivity index (χ0) is 24.7. The van der Waals surface area contributed by atoms with E-state index in [9.17, 15) is 9.59 Å². The molecule has 1 aliphatic heterocycles. The van der Waals surface area contributed by atoms with E-state index in [0.717, 1.165) is 6.42 Å². The van der Waals surface area contributed by atoms with Crippen LogP contribution in [0.3, 0.4) is 0 Å². The monoisotopic (exact) mass is 502 g/mol. The minimum Gasteiger partial charge on any atom is -0.350 e. The van der Waals surface area contributed by atoms with E-state index < -0.39 is 0 Å². The highest BCUT2D eigenvalue weighted by Crippen LogP contribution is 2.35. The van der Waals surface area contributed by atoms with Gasteiger partial charge >= 0.3 is 0 Å². The number of aryl methyl sites for hydroxylation is 2. The lowest BCUT2D eigenvalue weighted by atomic mass is 9.97. The fourth-order valence-corrected chi connectivity index (χ4v) is 5.81. The van der Waals surface area contributed by atoms with Gasteiger partial charge in [-0.3, -0.25) is 9.59 Å². The summed E-state index contributed by atoms with van der Waals surface area (Å²) in [5.41, 5.74) is 4.39. The topological polar surface area (TPSA) is 71.0 Å². The average molecular weight is 503 g/mol. The fourth-order valence-electron chi connectivity index (χ4n) is 5.02. The molecule has 0 aliphatic carbocycles. The summed E-state index contributed by atoms with van der Waals surface area (Å²) in [6.45, 7) is 3.07. The van der Waals surface area contributed by atoms with Crippen molar-refractivity contribution in [1.29, 1.82) is 0 Å². The summed E-state index contributed by atoms with van der Waals surface area (Å²) in [7, 11) is 2.06. The van der Waals surface area contributed by atoms with Gasteiger partial charge in [-0.25, -0.2) is 4.98 Å². The highest BCUT2D eigenvalue weighted by atomic mass is 32.2. The number of nitrogens with zero attached hydrogens (tertiary/aromatic N) is 3. The number of hydrogen-bond acceptors (Lipinski definition) is 5. The summed E-state index contributed by atoms with van der Waals surface area (Å²) >= 11 is 6.56. The first kappa shape index (κ1) is 23.5. The Labute approximate surface area is 213 Å². The minimum absolute atomic E-state index is 0.143. The number of ketones is 1. The largest absolute Gasteiger partial charge is 0.350 e. The third-order valence-electron chi connectivity index (χ3n) is 6.77. The molecule has 0 radical (unpaired) electrons. The van der Waals surface area contributed by atoms with Gasteiger partial charge in [-0.1, -0.05) is 30.4 Å². The molecule has 4 aromatic rings. The number of likely N-dealkylation sites (tertiary alicyclic amines) is 1. The van der Waals surface area contributed by atoms with Gasteiger partial charge in [-0.2, -0.15) is 0 Å². The van der Waals surface area contributed by atoms with E-state index in [0.29, 0.717) is 45.1 Å². The highest BCUT2D eigenvalue weighted by Gasteiger charge is 2.33. The van der Waals surface area contributed by atoms with Crippen LogP contribution in [0, 0.1) is 11.6 Å². The summed E-state index contributed by atoms with van der Waals surface area (Å²) in [4.78, 5) is 36.7. The van der Waals surface area contributed by atoms with Gasteiger partial charge in [0.2, 0.25) is 0 Å². The van der Waals surface area contributed by atoms with E-state index in [2.05, 4.69) is 46.0 Å². The summed E-state index contributed by atoms with van der Waals surface area (Å²) in [5.74, 6) is -0.107. The quantitative estimate of drug-likeness (QED) is 0.221. The maximum atomic E-state index is 13.9. The molecule has 1 aromatic carbocycles. The Balaban J connectivity index is 1.49. The van der Waals surface area contributed by atoms with E-state index in [1.54, 1.807) is 24.4 Å². The smallest absolute Gasteiger partial charge is 0.257 e. The number of thioether (sulfide) groups is 1. The molecule has 35 heavy (non-hydrogen) atoms. The van der Waals surface area contributed by atoms with Crippen LogP contribution < -0.4 is 0 Å². The molecule has 0 bridgehead atoms. The van der Waals surface area contributed by atoms with Crippen molar-refractivity contribution in [3.63, 3.8) is 0 Å². The van der Waals surface area contributed by atoms with Crippen molar-refractivity contribution in [2.75, 3.05) is 19.3 Å². The first-order chi connectivity index (χ1) is 16.9. The fraction of sp³-hybridized carbons (Fsp3) is 0.259. The normalized spacial score (nSPS) is 15.6. The zero-order valence-corrected chi connectivity index (χ0v) is 21.5. The van der Waals surface area contributed by atoms with Crippen LogP contribution in [-0.4, -0.2) is 50.5 Å². The number of carbonyl (C=O) groups is 2. The second-order valence-electron chi connectivity index (χ2n) is 8.88. The van der Waals surface area contributed by atoms with Crippen molar-refractivity contribution in [2.45, 2.75) is 24.3 Å². The summed E-state index contributed by atoms with van der Waals surface area (Å²) in [6, 6.07) is 13.4. The zero-order valence-electron chi connectivity index (χ0n) is 19.9. The summed E-state index contributed by atoms with van der Waals surface area (Å²) < 4.78 is 2.71. The van der Waals surface area contributed by atoms with Gasteiger partial charge in [-0.05, 0) is 49.4 Å². The molecular formula is C27H26N4O2S2. The number of amides is 1. The van der Waals surface area contributed by atoms with Gasteiger partial charge in [0.15, 0.2) is 5.78 Å². The highest BCUT2D eigenvalue weighted by molar-refractivity contribution is 7.98. The van der Waals surface area contributed by atoms with E-state index in [-0.39, 0.29) is 17.6 Å². The number of benzene rings is 1. The maximum absolute atomic E-state index is 13.9. The number of H-pyrrole nitrogens is 1. The van der Waals surface area contributed by atoms with Gasteiger partial charge < -0.3 is 14.5 Å². The van der Waals surface area contributed by atoms with E-state index in [4.69, 9.17) is 12.2 Å². The number of fused-ring (bicyclic) bond motifs is 1. The molecule has 0 saturated carbocycles. The Morgan fingerprint density at radius 3 is 2.71 bits per heavy atom. The van der Waals surface area contributed by atoms with Gasteiger partial charge in [0, 0.05) is 66.2 Å². The van der Waals surface area contributed by atoms with Crippen LogP contribution in [0.15, 0.2) is 59.9 Å². The molecule has 4 heterocycles. The molecule has 1 unspecified atom stereocenters. The molecule has 1 amide bonds. The van der Waals surface area contributed by atoms with Crippen LogP contribution in [0.1, 0.15) is 49.9 Å². The lowest BCUT2D eigenvalue weighted by Gasteiger charge is -2.20. The Bertz CT molecular complexity index is 1520. The Morgan fingerprint density at radius 1 is 1.14 bits per heavy atom. The minimum atomic E-state index is -0.209. The number of hydrogen-bond donors (Lipinski definition) is 1. The molecule has 1 aliphatic rings. The number of pyridine rings is 2. The first-order valence-electron chi connectivity index (χ1n) is 11.5. The van der Waals surface area contributed by atoms with Crippen molar-refractivity contribution in [3.8, 4) is 0 Å². The standard InChI is InChI=1S/C27H26N4O2S2/c1-16-18(8-9-23(34)29-16)25(32)20-10-12-28-26(35-3)24(20)27(33)31-13-11-17(14-31)21-15-30(2)22-7-5-4-6-19(21)22/h4-10,12,15,17H,11,13-14H2,1-3H3,(H,29,34). The van der Waals surface area contributed by atoms with Crippen molar-refractivity contribution in [2.24, 2.45) is 7.05 Å². The number of rotatable bonds is 5. The van der Waals surface area contributed by atoms with Gasteiger partial charge in [0.05, 0.1) is 5.56 Å². The molecule has 8 heteroatoms. The van der Waals surface area contributed by atoms with Crippen molar-refractivity contribution in [1.82, 2.24) is 19.4 Å². The predicted molar refractivity (Wildman–Crippen MR) is 142 cm³/mol. The van der Waals surface area contributed by atoms with Crippen molar-refractivity contribution < 1.29 is 9.59 Å². The van der Waals surface area contributed by atoms with Crippen LogP contribution in [0.4, 0.5) is 0 Å². The number of para-hydroxylation sites is 1. The van der Waals surface area contributed by atoms with Crippen LogP contribution in [-0.2, 0) is 7.05 Å². The second kappa shape index (κ2) is 9.43. The molecule has 0 spiro atoms. The SMILES string of the molecule is CSc1nccc(C(=O)c2ccc(=S)[nH]c2C)c1C(=O)N1CCC(c2cn(C)c3ccccc23)C1. The molecule has 5 rings (SSSR count). The van der Waals surface area contributed by atoms with Gasteiger partial charge in [-0.15, -0.1) is 11.8 Å². The van der Waals surface area contributed by atoms with Crippen LogP contribution >= 0.6 is 24.0 Å². The molecule has 1 atom stereocenters. The van der Waals surface area contributed by atoms with E-state index in [1.165, 1.54) is 28.2 Å². The third-order valence-corrected chi connectivity index (χ3v) is 7.71.